The van der Waals surface area contributed by atoms with Crippen LogP contribution in [0.3, 0.4) is 0 Å². The lowest BCUT2D eigenvalue weighted by atomic mass is 9.83. The van der Waals surface area contributed by atoms with Gasteiger partial charge in [0.1, 0.15) is 5.54 Å². The Morgan fingerprint density at radius 2 is 1.93 bits per heavy atom. The summed E-state index contributed by atoms with van der Waals surface area (Å²) in [4.78, 5) is 34.5. The number of hydrogen-bond donors (Lipinski definition) is 3. The van der Waals surface area contributed by atoms with Gasteiger partial charge in [0.05, 0.1) is 12.6 Å². The van der Waals surface area contributed by atoms with Gasteiger partial charge >= 0.3 is 11.9 Å². The summed E-state index contributed by atoms with van der Waals surface area (Å²) in [7, 11) is 0. The molecule has 1 saturated carbocycles. The summed E-state index contributed by atoms with van der Waals surface area (Å²) in [6, 6.07) is 4.91. The minimum atomic E-state index is -1.82. The molecule has 1 unspecified atom stereocenters. The molecule has 1 aliphatic heterocycles. The van der Waals surface area contributed by atoms with Gasteiger partial charge in [-0.3, -0.25) is 9.69 Å². The summed E-state index contributed by atoms with van der Waals surface area (Å²) in [5, 5.41) is 29.5. The van der Waals surface area contributed by atoms with Crippen LogP contribution in [-0.4, -0.2) is 51.6 Å². The topological polar surface area (TPSA) is 131 Å². The molecule has 1 amide bonds. The number of amides is 1. The molecule has 29 heavy (non-hydrogen) atoms. The van der Waals surface area contributed by atoms with E-state index in [-0.39, 0.29) is 5.91 Å². The van der Waals surface area contributed by atoms with Crippen molar-refractivity contribution in [2.45, 2.75) is 63.5 Å². The van der Waals surface area contributed by atoms with Gasteiger partial charge in [-0.1, -0.05) is 26.2 Å². The molecule has 0 radical (unpaired) electrons. The summed E-state index contributed by atoms with van der Waals surface area (Å²) in [6.07, 6.45) is 6.87. The van der Waals surface area contributed by atoms with Crippen LogP contribution in [0.1, 0.15) is 61.9 Å². The Morgan fingerprint density at radius 1 is 1.28 bits per heavy atom. The van der Waals surface area contributed by atoms with E-state index in [1.165, 1.54) is 16.9 Å². The van der Waals surface area contributed by atoms with Crippen molar-refractivity contribution in [1.29, 1.82) is 5.26 Å². The molecule has 2 aliphatic rings. The van der Waals surface area contributed by atoms with E-state index in [0.717, 1.165) is 45.1 Å². The summed E-state index contributed by atoms with van der Waals surface area (Å²) in [5.41, 5.74) is 0.768. The van der Waals surface area contributed by atoms with Gasteiger partial charge in [-0.25, -0.2) is 9.59 Å². The molecule has 9 heteroatoms. The van der Waals surface area contributed by atoms with E-state index in [9.17, 15) is 10.1 Å². The lowest BCUT2D eigenvalue weighted by Crippen LogP contribution is -2.52. The van der Waals surface area contributed by atoms with Crippen LogP contribution >= 0.6 is 11.3 Å². The fourth-order valence-electron chi connectivity index (χ4n) is 4.03. The molecule has 0 aromatic carbocycles. The van der Waals surface area contributed by atoms with Crippen molar-refractivity contribution in [3.8, 4) is 6.07 Å². The number of fused-ring (bicyclic) bond motifs is 1. The number of carboxylic acid groups (broad SMARTS) is 2. The number of thiophene rings is 1. The third-order valence-corrected chi connectivity index (χ3v) is 6.42. The van der Waals surface area contributed by atoms with E-state index in [2.05, 4.69) is 34.7 Å². The highest BCUT2D eigenvalue weighted by atomic mass is 32.1. The highest BCUT2D eigenvalue weighted by Crippen LogP contribution is 2.35. The maximum atomic E-state index is 12.6. The molecule has 8 nitrogen and oxygen atoms in total. The van der Waals surface area contributed by atoms with E-state index in [0.29, 0.717) is 12.6 Å². The second kappa shape index (κ2) is 10.4. The van der Waals surface area contributed by atoms with Crippen LogP contribution in [0.25, 0.3) is 0 Å². The lowest BCUT2D eigenvalue weighted by Gasteiger charge is -2.36. The van der Waals surface area contributed by atoms with Crippen LogP contribution in [0.4, 0.5) is 0 Å². The summed E-state index contributed by atoms with van der Waals surface area (Å²) >= 11 is 1.83. The van der Waals surface area contributed by atoms with Crippen molar-refractivity contribution in [2.75, 3.05) is 13.1 Å². The van der Waals surface area contributed by atoms with Crippen LogP contribution in [0, 0.1) is 11.3 Å². The Morgan fingerprint density at radius 3 is 2.48 bits per heavy atom. The number of rotatable bonds is 4. The molecule has 158 valence electrons. The van der Waals surface area contributed by atoms with E-state index < -0.39 is 17.5 Å². The molecule has 1 atom stereocenters. The van der Waals surface area contributed by atoms with Crippen LogP contribution in [0.15, 0.2) is 11.4 Å². The maximum Gasteiger partial charge on any atom is 0.414 e. The summed E-state index contributed by atoms with van der Waals surface area (Å²) in [5.74, 6) is -3.64. The van der Waals surface area contributed by atoms with Gasteiger partial charge < -0.3 is 15.5 Å². The molecule has 3 rings (SSSR count). The molecular formula is C20H27N3O5S. The van der Waals surface area contributed by atoms with Gasteiger partial charge in [-0.15, -0.1) is 11.3 Å². The summed E-state index contributed by atoms with van der Waals surface area (Å²) in [6.45, 7) is 3.51. The van der Waals surface area contributed by atoms with Gasteiger partial charge in [-0.2, -0.15) is 5.26 Å². The van der Waals surface area contributed by atoms with Gasteiger partial charge in [-0.05, 0) is 42.7 Å². The van der Waals surface area contributed by atoms with Crippen molar-refractivity contribution in [1.82, 2.24) is 10.2 Å². The Kier molecular flexibility index (Phi) is 8.17. The van der Waals surface area contributed by atoms with Gasteiger partial charge in [0.2, 0.25) is 5.91 Å². The van der Waals surface area contributed by atoms with E-state index in [1.54, 1.807) is 0 Å². The number of carbonyl (C=O) groups is 3. The highest BCUT2D eigenvalue weighted by Gasteiger charge is 2.35. The standard InChI is InChI=1S/C18H25N3OS.C2H2O4/c1-2-15-14-7-11-23-16(14)6-10-21(15)12-17(22)20-18(13-19)8-4-3-5-9-18;3-1(4)2(5)6/h7,11,15H,2-6,8-10,12H2,1H3,(H,20,22);(H,3,4)(H,5,6). The zero-order valence-corrected chi connectivity index (χ0v) is 17.3. The van der Waals surface area contributed by atoms with Crippen molar-refractivity contribution in [3.63, 3.8) is 0 Å². The largest absolute Gasteiger partial charge is 0.473 e. The van der Waals surface area contributed by atoms with E-state index in [4.69, 9.17) is 19.8 Å². The minimum Gasteiger partial charge on any atom is -0.473 e. The first kappa shape index (κ1) is 22.8. The quantitative estimate of drug-likeness (QED) is 0.637. The van der Waals surface area contributed by atoms with Crippen molar-refractivity contribution in [3.05, 3.63) is 21.9 Å². The van der Waals surface area contributed by atoms with Crippen molar-refractivity contribution in [2.24, 2.45) is 0 Å². The smallest absolute Gasteiger partial charge is 0.414 e. The average Bonchev–Trinajstić information content (AvgIpc) is 3.17. The average molecular weight is 422 g/mol. The summed E-state index contributed by atoms with van der Waals surface area (Å²) < 4.78 is 0. The fourth-order valence-corrected chi connectivity index (χ4v) is 4.95. The monoisotopic (exact) mass is 421 g/mol. The third kappa shape index (κ3) is 6.02. The number of hydrogen-bond acceptors (Lipinski definition) is 6. The first-order chi connectivity index (χ1) is 13.8. The Labute approximate surface area is 174 Å². The predicted octanol–water partition coefficient (Wildman–Crippen LogP) is 2.56. The van der Waals surface area contributed by atoms with Crippen LogP contribution in [0.5, 0.6) is 0 Å². The third-order valence-electron chi connectivity index (χ3n) is 5.42. The molecule has 0 saturated heterocycles. The number of nitrogens with one attached hydrogen (secondary N) is 1. The molecule has 3 N–H and O–H groups in total. The maximum absolute atomic E-state index is 12.6. The normalized spacial score (nSPS) is 20.3. The van der Waals surface area contributed by atoms with Crippen molar-refractivity contribution < 1.29 is 24.6 Å². The number of aliphatic carboxylic acids is 2. The number of carboxylic acids is 2. The first-order valence-electron chi connectivity index (χ1n) is 9.80. The lowest BCUT2D eigenvalue weighted by molar-refractivity contribution is -0.159. The first-order valence-corrected chi connectivity index (χ1v) is 10.7. The molecule has 1 aliphatic carbocycles. The van der Waals surface area contributed by atoms with Gasteiger partial charge in [0.15, 0.2) is 0 Å². The number of carbonyl (C=O) groups excluding carboxylic acids is 1. The zero-order chi connectivity index (χ0) is 21.4. The molecule has 0 bridgehead atoms. The van der Waals surface area contributed by atoms with Gasteiger partial charge in [0, 0.05) is 17.5 Å². The van der Waals surface area contributed by atoms with Gasteiger partial charge in [0.25, 0.3) is 0 Å². The van der Waals surface area contributed by atoms with Crippen LogP contribution in [-0.2, 0) is 20.8 Å². The zero-order valence-electron chi connectivity index (χ0n) is 16.5. The SMILES string of the molecule is CCC1c2ccsc2CCN1CC(=O)NC1(C#N)CCCCC1.O=C(O)C(=O)O. The van der Waals surface area contributed by atoms with Crippen LogP contribution in [0.2, 0.25) is 0 Å². The van der Waals surface area contributed by atoms with Crippen LogP contribution < -0.4 is 5.32 Å². The second-order valence-corrected chi connectivity index (χ2v) is 8.36. The molecule has 2 heterocycles. The van der Waals surface area contributed by atoms with E-state index >= 15 is 0 Å². The fraction of sp³-hybridized carbons (Fsp3) is 0.600. The Balaban J connectivity index is 0.000000438. The Bertz CT molecular complexity index is 767. The van der Waals surface area contributed by atoms with Crippen molar-refractivity contribution >= 4 is 29.2 Å². The Hall–Kier alpha value is -2.44. The molecule has 1 aromatic heterocycles. The van der Waals surface area contributed by atoms with E-state index in [1.807, 2.05) is 11.3 Å². The molecule has 1 aromatic rings. The molecular weight excluding hydrogens is 394 g/mol. The number of nitrogens with zero attached hydrogens (tertiary/aromatic N) is 2. The number of nitriles is 1. The second-order valence-electron chi connectivity index (χ2n) is 7.36. The predicted molar refractivity (Wildman–Crippen MR) is 107 cm³/mol. The molecule has 0 spiro atoms. The minimum absolute atomic E-state index is 0.00517. The highest BCUT2D eigenvalue weighted by molar-refractivity contribution is 7.10. The molecule has 1 fully saturated rings.